The van der Waals surface area contributed by atoms with Gasteiger partial charge in [0.1, 0.15) is 5.75 Å². The summed E-state index contributed by atoms with van der Waals surface area (Å²) in [6.45, 7) is 9.83. The zero-order valence-electron chi connectivity index (χ0n) is 14.5. The lowest BCUT2D eigenvalue weighted by atomic mass is 9.99. The number of rotatable bonds is 1. The van der Waals surface area contributed by atoms with E-state index in [9.17, 15) is 14.3 Å². The Morgan fingerprint density at radius 3 is 2.17 bits per heavy atom. The lowest BCUT2D eigenvalue weighted by Crippen LogP contribution is -2.07. The van der Waals surface area contributed by atoms with Crippen molar-refractivity contribution in [1.82, 2.24) is 0 Å². The molecule has 1 unspecified atom stereocenters. The molecule has 0 aromatic heterocycles. The molecule has 1 aliphatic rings. The van der Waals surface area contributed by atoms with Crippen LogP contribution < -0.4 is 0 Å². The SMILES string of the molecule is CC.CC.Cc1cc(-c2ccc3c(c2)CC(F)C3=O)ccc1O. The number of carbonyl (C=O) groups is 1. The highest BCUT2D eigenvalue weighted by Crippen LogP contribution is 2.31. The van der Waals surface area contributed by atoms with Gasteiger partial charge in [-0.1, -0.05) is 52.0 Å². The second-order valence-electron chi connectivity index (χ2n) is 4.91. The monoisotopic (exact) mass is 316 g/mol. The van der Waals surface area contributed by atoms with E-state index < -0.39 is 12.0 Å². The lowest BCUT2D eigenvalue weighted by Gasteiger charge is -2.06. The third-order valence-corrected chi connectivity index (χ3v) is 3.58. The van der Waals surface area contributed by atoms with Crippen molar-refractivity contribution in [3.8, 4) is 16.9 Å². The Morgan fingerprint density at radius 1 is 1.00 bits per heavy atom. The van der Waals surface area contributed by atoms with E-state index in [1.807, 2.05) is 58.9 Å². The maximum absolute atomic E-state index is 13.4. The Hall–Kier alpha value is -2.16. The molecule has 0 saturated carbocycles. The van der Waals surface area contributed by atoms with Gasteiger partial charge in [-0.25, -0.2) is 4.39 Å². The van der Waals surface area contributed by atoms with E-state index in [0.29, 0.717) is 5.56 Å². The molecule has 0 bridgehead atoms. The summed E-state index contributed by atoms with van der Waals surface area (Å²) in [6.07, 6.45) is -1.23. The number of Topliss-reactive ketones (excluding diaryl/α,β-unsaturated/α-hetero) is 1. The van der Waals surface area contributed by atoms with Crippen molar-refractivity contribution in [1.29, 1.82) is 0 Å². The number of hydrogen-bond acceptors (Lipinski definition) is 2. The highest BCUT2D eigenvalue weighted by molar-refractivity contribution is 6.04. The van der Waals surface area contributed by atoms with Crippen molar-refractivity contribution < 1.29 is 14.3 Å². The minimum Gasteiger partial charge on any atom is -0.508 e. The van der Waals surface area contributed by atoms with Crippen LogP contribution in [0.25, 0.3) is 11.1 Å². The van der Waals surface area contributed by atoms with Crippen molar-refractivity contribution in [2.24, 2.45) is 0 Å². The molecule has 3 rings (SSSR count). The summed E-state index contributed by atoms with van der Waals surface area (Å²) in [5, 5.41) is 9.52. The number of alkyl halides is 1. The van der Waals surface area contributed by atoms with Crippen LogP contribution in [-0.2, 0) is 6.42 Å². The summed E-state index contributed by atoms with van der Waals surface area (Å²) >= 11 is 0. The molecule has 2 aromatic carbocycles. The van der Waals surface area contributed by atoms with Gasteiger partial charge in [0.2, 0.25) is 0 Å². The molecule has 1 atom stereocenters. The number of phenolic OH excluding ortho intramolecular Hbond substituents is 1. The summed E-state index contributed by atoms with van der Waals surface area (Å²) in [6, 6.07) is 10.7. The predicted octanol–water partition coefficient (Wildman–Crippen LogP) is 5.50. The number of aryl methyl sites for hydroxylation is 1. The van der Waals surface area contributed by atoms with Gasteiger partial charge in [-0.15, -0.1) is 0 Å². The van der Waals surface area contributed by atoms with E-state index in [-0.39, 0.29) is 12.2 Å². The smallest absolute Gasteiger partial charge is 0.197 e. The molecule has 1 aliphatic carbocycles. The molecular formula is C20H25FO2. The fourth-order valence-corrected chi connectivity index (χ4v) is 2.47. The Labute approximate surface area is 138 Å². The molecule has 0 heterocycles. The number of hydrogen-bond donors (Lipinski definition) is 1. The van der Waals surface area contributed by atoms with Gasteiger partial charge < -0.3 is 5.11 Å². The number of aromatic hydroxyl groups is 1. The quantitative estimate of drug-likeness (QED) is 0.754. The first-order valence-electron chi connectivity index (χ1n) is 8.17. The Kier molecular flexibility index (Phi) is 6.95. The minimum atomic E-state index is -1.40. The molecule has 0 aliphatic heterocycles. The summed E-state index contributed by atoms with van der Waals surface area (Å²) < 4.78 is 13.4. The first-order chi connectivity index (χ1) is 11.1. The van der Waals surface area contributed by atoms with Crippen LogP contribution in [0.2, 0.25) is 0 Å². The van der Waals surface area contributed by atoms with E-state index in [1.165, 1.54) is 0 Å². The minimum absolute atomic E-state index is 0.166. The van der Waals surface area contributed by atoms with Crippen LogP contribution in [0.15, 0.2) is 36.4 Å². The van der Waals surface area contributed by atoms with Crippen LogP contribution in [0.3, 0.4) is 0 Å². The standard InChI is InChI=1S/C16H13FO2.2C2H6/c1-9-6-10(3-5-15(9)18)11-2-4-13-12(7-11)8-14(17)16(13)19;2*1-2/h2-7,14,18H,8H2,1H3;2*1-2H3. The van der Waals surface area contributed by atoms with Gasteiger partial charge in [0.05, 0.1) is 0 Å². The molecule has 0 amide bonds. The molecule has 124 valence electrons. The largest absolute Gasteiger partial charge is 0.508 e. The Morgan fingerprint density at radius 2 is 1.57 bits per heavy atom. The Bertz CT molecular complexity index is 677. The van der Waals surface area contributed by atoms with Crippen LogP contribution >= 0.6 is 0 Å². The van der Waals surface area contributed by atoms with Gasteiger partial charge in [-0.05, 0) is 41.3 Å². The van der Waals surface area contributed by atoms with Crippen LogP contribution in [0.1, 0.15) is 49.2 Å². The van der Waals surface area contributed by atoms with Crippen LogP contribution in [0, 0.1) is 6.92 Å². The van der Waals surface area contributed by atoms with Gasteiger partial charge in [0.15, 0.2) is 12.0 Å². The van der Waals surface area contributed by atoms with Crippen molar-refractivity contribution in [3.05, 3.63) is 53.1 Å². The second kappa shape index (κ2) is 8.47. The zero-order chi connectivity index (χ0) is 17.6. The van der Waals surface area contributed by atoms with Crippen LogP contribution in [0.4, 0.5) is 4.39 Å². The van der Waals surface area contributed by atoms with Crippen molar-refractivity contribution >= 4 is 5.78 Å². The van der Waals surface area contributed by atoms with Crippen LogP contribution in [0.5, 0.6) is 5.75 Å². The maximum Gasteiger partial charge on any atom is 0.197 e. The number of carbonyl (C=O) groups excluding carboxylic acids is 1. The molecule has 3 heteroatoms. The molecule has 0 spiro atoms. The normalized spacial score (nSPS) is 15.0. The summed E-state index contributed by atoms with van der Waals surface area (Å²) in [5.74, 6) is -0.160. The van der Waals surface area contributed by atoms with Crippen LogP contribution in [-0.4, -0.2) is 17.1 Å². The maximum atomic E-state index is 13.4. The molecule has 23 heavy (non-hydrogen) atoms. The number of benzene rings is 2. The topological polar surface area (TPSA) is 37.3 Å². The second-order valence-corrected chi connectivity index (χ2v) is 4.91. The molecule has 2 nitrogen and oxygen atoms in total. The van der Waals surface area contributed by atoms with Gasteiger partial charge in [-0.2, -0.15) is 0 Å². The van der Waals surface area contributed by atoms with Gasteiger partial charge in [0, 0.05) is 12.0 Å². The third kappa shape index (κ3) is 3.98. The summed E-state index contributed by atoms with van der Waals surface area (Å²) in [5.41, 5.74) is 3.93. The molecule has 0 saturated heterocycles. The molecule has 1 N–H and O–H groups in total. The average molecular weight is 316 g/mol. The first-order valence-corrected chi connectivity index (χ1v) is 8.17. The van der Waals surface area contributed by atoms with E-state index in [0.717, 1.165) is 22.3 Å². The van der Waals surface area contributed by atoms with Crippen molar-refractivity contribution in [3.63, 3.8) is 0 Å². The number of halogens is 1. The predicted molar refractivity (Wildman–Crippen MR) is 93.9 cm³/mol. The highest BCUT2D eigenvalue weighted by Gasteiger charge is 2.30. The van der Waals surface area contributed by atoms with Crippen molar-refractivity contribution in [2.75, 3.05) is 0 Å². The third-order valence-electron chi connectivity index (χ3n) is 3.58. The lowest BCUT2D eigenvalue weighted by molar-refractivity contribution is 0.0899. The fourth-order valence-electron chi connectivity index (χ4n) is 2.47. The van der Waals surface area contributed by atoms with E-state index in [4.69, 9.17) is 0 Å². The fraction of sp³-hybridized carbons (Fsp3) is 0.350. The average Bonchev–Trinajstić information content (AvgIpc) is 2.88. The van der Waals surface area contributed by atoms with Gasteiger partial charge >= 0.3 is 0 Å². The Balaban J connectivity index is 0.000000615. The van der Waals surface area contributed by atoms with E-state index in [2.05, 4.69) is 0 Å². The number of phenols is 1. The van der Waals surface area contributed by atoms with Gasteiger partial charge in [-0.3, -0.25) is 4.79 Å². The molecule has 2 aromatic rings. The van der Waals surface area contributed by atoms with E-state index in [1.54, 1.807) is 12.1 Å². The highest BCUT2D eigenvalue weighted by atomic mass is 19.1. The molecule has 0 radical (unpaired) electrons. The first kappa shape index (κ1) is 18.9. The van der Waals surface area contributed by atoms with E-state index >= 15 is 0 Å². The number of ketones is 1. The number of fused-ring (bicyclic) bond motifs is 1. The molecule has 0 fully saturated rings. The summed E-state index contributed by atoms with van der Waals surface area (Å²) in [7, 11) is 0. The zero-order valence-corrected chi connectivity index (χ0v) is 14.5. The molecular weight excluding hydrogens is 291 g/mol. The summed E-state index contributed by atoms with van der Waals surface area (Å²) in [4.78, 5) is 11.5. The van der Waals surface area contributed by atoms with Gasteiger partial charge in [0.25, 0.3) is 0 Å². The van der Waals surface area contributed by atoms with Crippen molar-refractivity contribution in [2.45, 2.75) is 47.2 Å².